The highest BCUT2D eigenvalue weighted by atomic mass is 79.9. The molecule has 0 radical (unpaired) electrons. The zero-order chi connectivity index (χ0) is 9.56. The number of hydrogen-bond donors (Lipinski definition) is 1. The first-order valence-electron chi connectivity index (χ1n) is 4.50. The monoisotopic (exact) mass is 233 g/mol. The van der Waals surface area contributed by atoms with Crippen LogP contribution in [0.3, 0.4) is 0 Å². The van der Waals surface area contributed by atoms with Crippen molar-refractivity contribution in [1.82, 2.24) is 5.32 Å². The second kappa shape index (κ2) is 6.67. The second-order valence-electron chi connectivity index (χ2n) is 3.61. The van der Waals surface area contributed by atoms with Crippen LogP contribution < -0.4 is 5.32 Å². The van der Waals surface area contributed by atoms with E-state index < -0.39 is 0 Å². The van der Waals surface area contributed by atoms with Gasteiger partial charge >= 0.3 is 0 Å². The van der Waals surface area contributed by atoms with Crippen LogP contribution in [-0.4, -0.2) is 17.9 Å². The van der Waals surface area contributed by atoms with Crippen LogP contribution in [-0.2, 0) is 0 Å². The van der Waals surface area contributed by atoms with Crippen molar-refractivity contribution in [3.05, 3.63) is 11.6 Å². The van der Waals surface area contributed by atoms with Crippen LogP contribution in [0.4, 0.5) is 0 Å². The number of nitrogens with one attached hydrogen (secondary N) is 1. The molecule has 0 heterocycles. The molecule has 0 aliphatic heterocycles. The summed E-state index contributed by atoms with van der Waals surface area (Å²) in [4.78, 5) is 0. The summed E-state index contributed by atoms with van der Waals surface area (Å²) in [6, 6.07) is 0.583. The Labute approximate surface area is 84.8 Å². The number of alkyl halides is 1. The molecule has 2 atom stereocenters. The van der Waals surface area contributed by atoms with Crippen molar-refractivity contribution in [2.75, 3.05) is 11.9 Å². The Balaban J connectivity index is 3.57. The van der Waals surface area contributed by atoms with E-state index in [0.717, 1.165) is 11.9 Å². The third kappa shape index (κ3) is 5.78. The van der Waals surface area contributed by atoms with Crippen LogP contribution in [0.15, 0.2) is 11.6 Å². The van der Waals surface area contributed by atoms with Gasteiger partial charge in [0.15, 0.2) is 0 Å². The Hall–Kier alpha value is 0.180. The maximum Gasteiger partial charge on any atom is 0.0139 e. The van der Waals surface area contributed by atoms with Crippen LogP contribution in [0.2, 0.25) is 0 Å². The molecule has 2 unspecified atom stereocenters. The fourth-order valence-corrected chi connectivity index (χ4v) is 1.34. The Morgan fingerprint density at radius 3 is 2.42 bits per heavy atom. The first-order valence-corrected chi connectivity index (χ1v) is 5.62. The molecule has 0 amide bonds. The van der Waals surface area contributed by atoms with Gasteiger partial charge in [-0.15, -0.1) is 0 Å². The normalized spacial score (nSPS) is 15.4. The molecule has 2 heteroatoms. The van der Waals surface area contributed by atoms with Crippen molar-refractivity contribution in [3.8, 4) is 0 Å². The number of allylic oxidation sites excluding steroid dienone is 1. The molecule has 0 spiro atoms. The van der Waals surface area contributed by atoms with E-state index in [1.54, 1.807) is 0 Å². The predicted molar refractivity (Wildman–Crippen MR) is 59.9 cm³/mol. The van der Waals surface area contributed by atoms with Crippen molar-refractivity contribution in [2.24, 2.45) is 5.92 Å². The number of rotatable bonds is 5. The van der Waals surface area contributed by atoms with Crippen molar-refractivity contribution in [2.45, 2.75) is 33.7 Å². The van der Waals surface area contributed by atoms with Crippen LogP contribution >= 0.6 is 15.9 Å². The minimum Gasteiger partial charge on any atom is -0.311 e. The van der Waals surface area contributed by atoms with Crippen LogP contribution in [0.5, 0.6) is 0 Å². The molecule has 1 N–H and O–H groups in total. The van der Waals surface area contributed by atoms with E-state index in [1.165, 1.54) is 5.57 Å². The van der Waals surface area contributed by atoms with Crippen molar-refractivity contribution in [1.29, 1.82) is 0 Å². The first kappa shape index (κ1) is 12.2. The molecule has 0 fully saturated rings. The van der Waals surface area contributed by atoms with Gasteiger partial charge in [-0.25, -0.2) is 0 Å². The molecule has 0 aromatic heterocycles. The first-order chi connectivity index (χ1) is 5.57. The van der Waals surface area contributed by atoms with E-state index in [2.05, 4.69) is 55.0 Å². The largest absolute Gasteiger partial charge is 0.311 e. The van der Waals surface area contributed by atoms with Crippen LogP contribution in [0.25, 0.3) is 0 Å². The van der Waals surface area contributed by atoms with Gasteiger partial charge in [0.1, 0.15) is 0 Å². The summed E-state index contributed by atoms with van der Waals surface area (Å²) in [5.41, 5.74) is 1.38. The Kier molecular flexibility index (Phi) is 6.77. The lowest BCUT2D eigenvalue weighted by Gasteiger charge is -2.18. The van der Waals surface area contributed by atoms with Gasteiger partial charge in [-0.3, -0.25) is 0 Å². The summed E-state index contributed by atoms with van der Waals surface area (Å²) in [6.45, 7) is 9.71. The fourth-order valence-electron chi connectivity index (χ4n) is 0.784. The fraction of sp³-hybridized carbons (Fsp3) is 0.800. The number of halogens is 1. The molecule has 1 nitrogen and oxygen atoms in total. The minimum atomic E-state index is 0.583. The molecule has 0 bridgehead atoms. The molecule has 0 aromatic carbocycles. The predicted octanol–water partition coefficient (Wildman–Crippen LogP) is 2.96. The summed E-state index contributed by atoms with van der Waals surface area (Å²) in [7, 11) is 0. The minimum absolute atomic E-state index is 0.583. The summed E-state index contributed by atoms with van der Waals surface area (Å²) in [6.07, 6.45) is 2.22. The zero-order valence-corrected chi connectivity index (χ0v) is 10.1. The van der Waals surface area contributed by atoms with Crippen LogP contribution in [0.1, 0.15) is 27.7 Å². The van der Waals surface area contributed by atoms with Gasteiger partial charge in [0.05, 0.1) is 0 Å². The highest BCUT2D eigenvalue weighted by molar-refractivity contribution is 9.09. The van der Waals surface area contributed by atoms with Gasteiger partial charge < -0.3 is 5.32 Å². The molecule has 0 rings (SSSR count). The van der Waals surface area contributed by atoms with E-state index in [0.29, 0.717) is 12.0 Å². The van der Waals surface area contributed by atoms with Crippen LogP contribution in [0, 0.1) is 5.92 Å². The average molecular weight is 234 g/mol. The molecule has 12 heavy (non-hydrogen) atoms. The van der Waals surface area contributed by atoms with Crippen molar-refractivity contribution in [3.63, 3.8) is 0 Å². The van der Waals surface area contributed by atoms with E-state index >= 15 is 0 Å². The molecular formula is C10H20BrN. The number of hydrogen-bond acceptors (Lipinski definition) is 1. The Morgan fingerprint density at radius 1 is 1.42 bits per heavy atom. The van der Waals surface area contributed by atoms with Gasteiger partial charge in [0, 0.05) is 17.9 Å². The molecule has 0 saturated carbocycles. The molecule has 0 aliphatic carbocycles. The summed E-state index contributed by atoms with van der Waals surface area (Å²) < 4.78 is 0. The van der Waals surface area contributed by atoms with E-state index in [9.17, 15) is 0 Å². The van der Waals surface area contributed by atoms with Gasteiger partial charge in [-0.2, -0.15) is 0 Å². The topological polar surface area (TPSA) is 12.0 Å². The van der Waals surface area contributed by atoms with E-state index in [1.807, 2.05) is 0 Å². The molecule has 0 saturated heterocycles. The summed E-state index contributed by atoms with van der Waals surface area (Å²) in [5.74, 6) is 0.690. The van der Waals surface area contributed by atoms with Crippen molar-refractivity contribution < 1.29 is 0 Å². The highest BCUT2D eigenvalue weighted by Gasteiger charge is 2.08. The van der Waals surface area contributed by atoms with Crippen molar-refractivity contribution >= 4 is 15.9 Å². The lowest BCUT2D eigenvalue weighted by molar-refractivity contribution is 0.452. The third-order valence-electron chi connectivity index (χ3n) is 2.05. The maximum absolute atomic E-state index is 3.48. The smallest absolute Gasteiger partial charge is 0.0139 e. The lowest BCUT2D eigenvalue weighted by atomic mass is 10.1. The molecule has 0 aromatic rings. The lowest BCUT2D eigenvalue weighted by Crippen LogP contribution is -2.32. The zero-order valence-electron chi connectivity index (χ0n) is 8.52. The summed E-state index contributed by atoms with van der Waals surface area (Å²) in [5, 5.41) is 4.52. The van der Waals surface area contributed by atoms with E-state index in [4.69, 9.17) is 0 Å². The van der Waals surface area contributed by atoms with Gasteiger partial charge in [-0.05, 0) is 26.7 Å². The average Bonchev–Trinajstić information content (AvgIpc) is 2.02. The highest BCUT2D eigenvalue weighted by Crippen LogP contribution is 2.05. The second-order valence-corrected chi connectivity index (χ2v) is 4.26. The Morgan fingerprint density at radius 2 is 2.00 bits per heavy atom. The quantitative estimate of drug-likeness (QED) is 0.569. The molecule has 0 aliphatic rings. The Bertz CT molecular complexity index is 139. The van der Waals surface area contributed by atoms with Gasteiger partial charge in [-0.1, -0.05) is 34.5 Å². The maximum atomic E-state index is 3.48. The van der Waals surface area contributed by atoms with E-state index in [-0.39, 0.29) is 0 Å². The standard InChI is InChI=1S/C10H20BrN/c1-8(2)5-6-12-10(4)9(3)7-11/h5,9-10,12H,6-7H2,1-4H3. The van der Waals surface area contributed by atoms with Gasteiger partial charge in [0.25, 0.3) is 0 Å². The third-order valence-corrected chi connectivity index (χ3v) is 3.07. The molecular weight excluding hydrogens is 214 g/mol. The molecule has 72 valence electrons. The van der Waals surface area contributed by atoms with Gasteiger partial charge in [0.2, 0.25) is 0 Å². The SMILES string of the molecule is CC(C)=CCNC(C)C(C)CBr. The summed E-state index contributed by atoms with van der Waals surface area (Å²) >= 11 is 3.48.